The van der Waals surface area contributed by atoms with Gasteiger partial charge >= 0.3 is 6.09 Å². The molecule has 0 radical (unpaired) electrons. The van der Waals surface area contributed by atoms with Crippen molar-refractivity contribution in [2.24, 2.45) is 0 Å². The SMILES string of the molecule is CC(C)(C)OC(=O)Nc1cnc(-c2ccccc2)[nH]c1=O. The highest BCUT2D eigenvalue weighted by Gasteiger charge is 2.17. The highest BCUT2D eigenvalue weighted by atomic mass is 16.6. The molecule has 0 saturated heterocycles. The molecule has 2 aromatic rings. The molecule has 1 heterocycles. The van der Waals surface area contributed by atoms with Crippen LogP contribution in [0.5, 0.6) is 0 Å². The van der Waals surface area contributed by atoms with Crippen LogP contribution in [0, 0.1) is 0 Å². The minimum Gasteiger partial charge on any atom is -0.444 e. The number of benzene rings is 1. The summed E-state index contributed by atoms with van der Waals surface area (Å²) in [6, 6.07) is 9.24. The molecule has 0 aliphatic rings. The van der Waals surface area contributed by atoms with Gasteiger partial charge in [-0.3, -0.25) is 10.1 Å². The number of H-pyrrole nitrogens is 1. The minimum absolute atomic E-state index is 0.0453. The number of nitrogens with zero attached hydrogens (tertiary/aromatic N) is 1. The van der Waals surface area contributed by atoms with Crippen molar-refractivity contribution in [2.45, 2.75) is 26.4 Å². The van der Waals surface area contributed by atoms with Gasteiger partial charge in [-0.05, 0) is 20.8 Å². The lowest BCUT2D eigenvalue weighted by atomic mass is 10.2. The number of carbonyl (C=O) groups excluding carboxylic acids is 1. The fourth-order valence-electron chi connectivity index (χ4n) is 1.64. The Morgan fingerprint density at radius 3 is 2.48 bits per heavy atom. The minimum atomic E-state index is -0.692. The second-order valence-electron chi connectivity index (χ2n) is 5.47. The molecule has 1 aromatic carbocycles. The van der Waals surface area contributed by atoms with Crippen LogP contribution in [0.25, 0.3) is 11.4 Å². The Hall–Kier alpha value is -2.63. The molecule has 1 aromatic heterocycles. The monoisotopic (exact) mass is 287 g/mol. The van der Waals surface area contributed by atoms with E-state index in [-0.39, 0.29) is 5.69 Å². The number of hydrogen-bond donors (Lipinski definition) is 2. The van der Waals surface area contributed by atoms with Crippen LogP contribution in [-0.2, 0) is 4.74 Å². The molecule has 2 N–H and O–H groups in total. The Bertz CT molecular complexity index is 687. The zero-order valence-corrected chi connectivity index (χ0v) is 12.1. The number of amides is 1. The summed E-state index contributed by atoms with van der Waals surface area (Å²) in [4.78, 5) is 30.3. The molecular weight excluding hydrogens is 270 g/mol. The maximum Gasteiger partial charge on any atom is 0.412 e. The molecule has 1 amide bonds. The van der Waals surface area contributed by atoms with Gasteiger partial charge in [0.25, 0.3) is 5.56 Å². The normalized spacial score (nSPS) is 11.0. The van der Waals surface area contributed by atoms with Gasteiger partial charge in [0.1, 0.15) is 17.1 Å². The molecule has 2 rings (SSSR count). The molecule has 0 aliphatic carbocycles. The first-order valence-corrected chi connectivity index (χ1v) is 6.50. The fourth-order valence-corrected chi connectivity index (χ4v) is 1.64. The van der Waals surface area contributed by atoms with Gasteiger partial charge in [-0.25, -0.2) is 9.78 Å². The molecule has 0 atom stereocenters. The summed E-state index contributed by atoms with van der Waals surface area (Å²) in [5.74, 6) is 0.440. The van der Waals surface area contributed by atoms with E-state index in [2.05, 4.69) is 15.3 Å². The molecule has 110 valence electrons. The van der Waals surface area contributed by atoms with Gasteiger partial charge in [0.05, 0.1) is 6.20 Å². The van der Waals surface area contributed by atoms with Crippen molar-refractivity contribution in [2.75, 3.05) is 5.32 Å². The third kappa shape index (κ3) is 4.17. The molecule has 6 heteroatoms. The van der Waals surface area contributed by atoms with E-state index in [0.29, 0.717) is 5.82 Å². The van der Waals surface area contributed by atoms with Crippen LogP contribution in [0.15, 0.2) is 41.3 Å². The van der Waals surface area contributed by atoms with Gasteiger partial charge in [-0.2, -0.15) is 0 Å². The fraction of sp³-hybridized carbons (Fsp3) is 0.267. The molecule has 0 fully saturated rings. The summed E-state index contributed by atoms with van der Waals surface area (Å²) in [5, 5.41) is 2.38. The number of aromatic amines is 1. The average molecular weight is 287 g/mol. The van der Waals surface area contributed by atoms with E-state index in [4.69, 9.17) is 4.74 Å². The van der Waals surface area contributed by atoms with E-state index >= 15 is 0 Å². The number of aromatic nitrogens is 2. The van der Waals surface area contributed by atoms with Crippen molar-refractivity contribution in [1.29, 1.82) is 0 Å². The number of rotatable bonds is 2. The van der Waals surface area contributed by atoms with Crippen LogP contribution in [0.2, 0.25) is 0 Å². The quantitative estimate of drug-likeness (QED) is 0.889. The number of carbonyl (C=O) groups is 1. The third-order valence-corrected chi connectivity index (χ3v) is 2.48. The standard InChI is InChI=1S/C15H17N3O3/c1-15(2,3)21-14(20)17-11-9-16-12(18-13(11)19)10-7-5-4-6-8-10/h4-9H,1-3H3,(H,17,20)(H,16,18,19). The van der Waals surface area contributed by atoms with E-state index in [9.17, 15) is 9.59 Å². The maximum atomic E-state index is 11.9. The van der Waals surface area contributed by atoms with Crippen molar-refractivity contribution >= 4 is 11.8 Å². The van der Waals surface area contributed by atoms with Crippen molar-refractivity contribution < 1.29 is 9.53 Å². The molecule has 6 nitrogen and oxygen atoms in total. The Labute approximate surface area is 122 Å². The Morgan fingerprint density at radius 1 is 1.24 bits per heavy atom. The van der Waals surface area contributed by atoms with Gasteiger partial charge in [0.15, 0.2) is 0 Å². The van der Waals surface area contributed by atoms with Crippen LogP contribution in [0.1, 0.15) is 20.8 Å². The Balaban J connectivity index is 2.17. The zero-order valence-electron chi connectivity index (χ0n) is 12.1. The number of hydrogen-bond acceptors (Lipinski definition) is 4. The van der Waals surface area contributed by atoms with E-state index < -0.39 is 17.3 Å². The number of nitrogens with one attached hydrogen (secondary N) is 2. The first-order valence-electron chi connectivity index (χ1n) is 6.50. The van der Waals surface area contributed by atoms with E-state index in [1.807, 2.05) is 30.3 Å². The third-order valence-electron chi connectivity index (χ3n) is 2.48. The zero-order chi connectivity index (χ0) is 15.5. The Morgan fingerprint density at radius 2 is 1.90 bits per heavy atom. The molecule has 0 saturated carbocycles. The summed E-state index contributed by atoms with van der Waals surface area (Å²) in [6.45, 7) is 5.23. The van der Waals surface area contributed by atoms with Crippen molar-refractivity contribution in [3.8, 4) is 11.4 Å². The van der Waals surface area contributed by atoms with Crippen LogP contribution < -0.4 is 10.9 Å². The lowest BCUT2D eigenvalue weighted by Crippen LogP contribution is -2.29. The smallest absolute Gasteiger partial charge is 0.412 e. The van der Waals surface area contributed by atoms with Gasteiger partial charge < -0.3 is 9.72 Å². The topological polar surface area (TPSA) is 84.1 Å². The number of anilines is 1. The summed E-state index contributed by atoms with van der Waals surface area (Å²) in [5.41, 5.74) is -0.231. The summed E-state index contributed by atoms with van der Waals surface area (Å²) < 4.78 is 5.08. The van der Waals surface area contributed by atoms with Crippen LogP contribution in [0.3, 0.4) is 0 Å². The van der Waals surface area contributed by atoms with E-state index in [1.165, 1.54) is 6.20 Å². The summed E-state index contributed by atoms with van der Waals surface area (Å²) >= 11 is 0. The average Bonchev–Trinajstić information content (AvgIpc) is 2.40. The summed E-state index contributed by atoms with van der Waals surface area (Å²) in [7, 11) is 0. The first-order chi connectivity index (χ1) is 9.85. The molecule has 21 heavy (non-hydrogen) atoms. The predicted octanol–water partition coefficient (Wildman–Crippen LogP) is 2.78. The highest BCUT2D eigenvalue weighted by Crippen LogP contribution is 2.13. The number of ether oxygens (including phenoxy) is 1. The van der Waals surface area contributed by atoms with Crippen molar-refractivity contribution in [1.82, 2.24) is 9.97 Å². The lowest BCUT2D eigenvalue weighted by molar-refractivity contribution is 0.0635. The largest absolute Gasteiger partial charge is 0.444 e. The molecule has 0 unspecified atom stereocenters. The molecule has 0 spiro atoms. The van der Waals surface area contributed by atoms with Crippen LogP contribution >= 0.6 is 0 Å². The highest BCUT2D eigenvalue weighted by molar-refractivity contribution is 5.84. The summed E-state index contributed by atoms with van der Waals surface area (Å²) in [6.07, 6.45) is 0.618. The van der Waals surface area contributed by atoms with Gasteiger partial charge in [0, 0.05) is 5.56 Å². The van der Waals surface area contributed by atoms with Crippen molar-refractivity contribution in [3.63, 3.8) is 0 Å². The first kappa shape index (κ1) is 14.8. The van der Waals surface area contributed by atoms with Crippen LogP contribution in [0.4, 0.5) is 10.5 Å². The van der Waals surface area contributed by atoms with Crippen LogP contribution in [-0.4, -0.2) is 21.7 Å². The molecule has 0 aliphatic heterocycles. The van der Waals surface area contributed by atoms with E-state index in [1.54, 1.807) is 20.8 Å². The van der Waals surface area contributed by atoms with Gasteiger partial charge in [0.2, 0.25) is 0 Å². The Kier molecular flexibility index (Phi) is 4.07. The maximum absolute atomic E-state index is 11.9. The van der Waals surface area contributed by atoms with Gasteiger partial charge in [-0.1, -0.05) is 30.3 Å². The van der Waals surface area contributed by atoms with Crippen molar-refractivity contribution in [3.05, 3.63) is 46.9 Å². The molecular formula is C15H17N3O3. The molecule has 0 bridgehead atoms. The second kappa shape index (κ2) is 5.78. The predicted molar refractivity (Wildman–Crippen MR) is 80.2 cm³/mol. The van der Waals surface area contributed by atoms with Gasteiger partial charge in [-0.15, -0.1) is 0 Å². The van der Waals surface area contributed by atoms with E-state index in [0.717, 1.165) is 5.56 Å². The lowest BCUT2D eigenvalue weighted by Gasteiger charge is -2.19. The second-order valence-corrected chi connectivity index (χ2v) is 5.47.